The number of carbonyl (C=O) groups excluding carboxylic acids is 4. The minimum Gasteiger partial charge on any atom is -0.456 e. The molecular formula is C23H25N3O5S. The number of rotatable bonds is 7. The summed E-state index contributed by atoms with van der Waals surface area (Å²) in [5.41, 5.74) is 2.85. The van der Waals surface area contributed by atoms with Crippen LogP contribution in [0.4, 0.5) is 5.13 Å². The van der Waals surface area contributed by atoms with Gasteiger partial charge in [0.2, 0.25) is 11.8 Å². The molecular weight excluding hydrogens is 430 g/mol. The smallest absolute Gasteiger partial charge is 0.308 e. The van der Waals surface area contributed by atoms with Crippen LogP contribution in [-0.2, 0) is 23.9 Å². The molecule has 1 aliphatic carbocycles. The number of amides is 3. The first-order valence-electron chi connectivity index (χ1n) is 10.8. The van der Waals surface area contributed by atoms with Crippen LogP contribution in [0.1, 0.15) is 37.7 Å². The van der Waals surface area contributed by atoms with Crippen molar-refractivity contribution in [1.29, 1.82) is 0 Å². The lowest BCUT2D eigenvalue weighted by Crippen LogP contribution is -2.33. The second-order valence-corrected chi connectivity index (χ2v) is 9.05. The Morgan fingerprint density at radius 1 is 1.12 bits per heavy atom. The third-order valence-electron chi connectivity index (χ3n) is 5.93. The van der Waals surface area contributed by atoms with Gasteiger partial charge in [-0.05, 0) is 19.8 Å². The highest BCUT2D eigenvalue weighted by atomic mass is 32.1. The third kappa shape index (κ3) is 4.88. The molecule has 32 heavy (non-hydrogen) atoms. The number of likely N-dealkylation sites (tertiary alicyclic amines) is 1. The van der Waals surface area contributed by atoms with Crippen molar-refractivity contribution in [3.63, 3.8) is 0 Å². The largest absolute Gasteiger partial charge is 0.456 e. The summed E-state index contributed by atoms with van der Waals surface area (Å²) in [5.74, 6) is -1.96. The zero-order valence-corrected chi connectivity index (χ0v) is 18.7. The van der Waals surface area contributed by atoms with Crippen LogP contribution in [0, 0.1) is 18.8 Å². The molecule has 3 amide bonds. The van der Waals surface area contributed by atoms with Gasteiger partial charge in [-0.2, -0.15) is 0 Å². The standard InChI is InChI=1S/C23H25N3O5S/c1-14-6-8-15(9-7-14)18-13-32-23(24-18)25-19(27)12-31-20(28)10-11-26-21(29)16-4-2-3-5-17(16)22(26)30/h6-9,13,16-17H,2-5,10-12H2,1H3,(H,24,25,27)/t16-,17-/m0/s1. The van der Waals surface area contributed by atoms with E-state index >= 15 is 0 Å². The van der Waals surface area contributed by atoms with E-state index < -0.39 is 18.5 Å². The summed E-state index contributed by atoms with van der Waals surface area (Å²) in [7, 11) is 0. The molecule has 2 aliphatic rings. The van der Waals surface area contributed by atoms with Gasteiger partial charge in [-0.3, -0.25) is 29.4 Å². The van der Waals surface area contributed by atoms with Crippen LogP contribution < -0.4 is 5.32 Å². The lowest BCUT2D eigenvalue weighted by molar-refractivity contribution is -0.148. The van der Waals surface area contributed by atoms with E-state index in [9.17, 15) is 19.2 Å². The number of hydrogen-bond donors (Lipinski definition) is 1. The molecule has 1 N–H and O–H groups in total. The quantitative estimate of drug-likeness (QED) is 0.508. The highest BCUT2D eigenvalue weighted by Gasteiger charge is 2.47. The topological polar surface area (TPSA) is 106 Å². The van der Waals surface area contributed by atoms with Crippen molar-refractivity contribution in [3.8, 4) is 11.3 Å². The van der Waals surface area contributed by atoms with E-state index in [-0.39, 0.29) is 36.6 Å². The summed E-state index contributed by atoms with van der Waals surface area (Å²) in [5, 5.41) is 4.87. The Labute approximate surface area is 190 Å². The molecule has 4 rings (SSSR count). The molecule has 1 saturated heterocycles. The number of aryl methyl sites for hydroxylation is 1. The molecule has 1 saturated carbocycles. The van der Waals surface area contributed by atoms with E-state index in [1.165, 1.54) is 16.2 Å². The van der Waals surface area contributed by atoms with Crippen molar-refractivity contribution in [1.82, 2.24) is 9.88 Å². The molecule has 1 aliphatic heterocycles. The number of esters is 1. The zero-order chi connectivity index (χ0) is 22.7. The number of nitrogens with one attached hydrogen (secondary N) is 1. The van der Waals surface area contributed by atoms with Crippen molar-refractivity contribution >= 4 is 40.2 Å². The summed E-state index contributed by atoms with van der Waals surface area (Å²) in [6.45, 7) is 1.55. The summed E-state index contributed by atoms with van der Waals surface area (Å²) < 4.78 is 5.01. The number of nitrogens with zero attached hydrogens (tertiary/aromatic N) is 2. The van der Waals surface area contributed by atoms with Gasteiger partial charge in [-0.1, -0.05) is 42.7 Å². The van der Waals surface area contributed by atoms with Crippen molar-refractivity contribution in [2.45, 2.75) is 39.0 Å². The zero-order valence-electron chi connectivity index (χ0n) is 17.8. The van der Waals surface area contributed by atoms with Crippen molar-refractivity contribution in [2.75, 3.05) is 18.5 Å². The van der Waals surface area contributed by atoms with Crippen LogP contribution in [0.3, 0.4) is 0 Å². The monoisotopic (exact) mass is 455 g/mol. The predicted molar refractivity (Wildman–Crippen MR) is 119 cm³/mol. The molecule has 0 spiro atoms. The van der Waals surface area contributed by atoms with E-state index in [2.05, 4.69) is 10.3 Å². The van der Waals surface area contributed by atoms with Gasteiger partial charge in [-0.25, -0.2) is 4.98 Å². The molecule has 168 valence electrons. The molecule has 9 heteroatoms. The maximum Gasteiger partial charge on any atom is 0.308 e. The number of benzene rings is 1. The average Bonchev–Trinajstić information content (AvgIpc) is 3.35. The number of anilines is 1. The van der Waals surface area contributed by atoms with Gasteiger partial charge in [0.05, 0.1) is 24.0 Å². The van der Waals surface area contributed by atoms with Gasteiger partial charge in [0.25, 0.3) is 5.91 Å². The van der Waals surface area contributed by atoms with E-state index in [0.29, 0.717) is 5.13 Å². The summed E-state index contributed by atoms with van der Waals surface area (Å²) in [4.78, 5) is 54.6. The second kappa shape index (κ2) is 9.60. The summed E-state index contributed by atoms with van der Waals surface area (Å²) >= 11 is 1.28. The molecule has 1 aromatic heterocycles. The Bertz CT molecular complexity index is 1010. The first-order chi connectivity index (χ1) is 15.4. The first kappa shape index (κ1) is 22.1. The summed E-state index contributed by atoms with van der Waals surface area (Å²) in [6, 6.07) is 7.90. The van der Waals surface area contributed by atoms with Crippen LogP contribution in [-0.4, -0.2) is 46.7 Å². The molecule has 2 heterocycles. The molecule has 0 radical (unpaired) electrons. The SMILES string of the molecule is Cc1ccc(-c2csc(NC(=O)COC(=O)CCN3C(=O)[C@H]4CCCC[C@@H]4C3=O)n2)cc1. The lowest BCUT2D eigenvalue weighted by Gasteiger charge is -2.19. The van der Waals surface area contributed by atoms with E-state index in [1.807, 2.05) is 36.6 Å². The molecule has 2 atom stereocenters. The Kier molecular flexibility index (Phi) is 6.64. The van der Waals surface area contributed by atoms with Crippen LogP contribution in [0.25, 0.3) is 11.3 Å². The van der Waals surface area contributed by atoms with Gasteiger partial charge >= 0.3 is 5.97 Å². The van der Waals surface area contributed by atoms with Crippen LogP contribution >= 0.6 is 11.3 Å². The normalized spacial score (nSPS) is 20.2. The average molecular weight is 456 g/mol. The van der Waals surface area contributed by atoms with Crippen LogP contribution in [0.2, 0.25) is 0 Å². The molecule has 0 unspecified atom stereocenters. The Morgan fingerprint density at radius 3 is 2.44 bits per heavy atom. The molecule has 1 aromatic carbocycles. The van der Waals surface area contributed by atoms with Gasteiger partial charge in [0.15, 0.2) is 11.7 Å². The van der Waals surface area contributed by atoms with E-state index in [4.69, 9.17) is 4.74 Å². The van der Waals surface area contributed by atoms with Gasteiger partial charge in [0.1, 0.15) is 0 Å². The number of imide groups is 1. The number of fused-ring (bicyclic) bond motifs is 1. The van der Waals surface area contributed by atoms with Gasteiger partial charge < -0.3 is 4.74 Å². The number of hydrogen-bond acceptors (Lipinski definition) is 7. The third-order valence-corrected chi connectivity index (χ3v) is 6.69. The minimum atomic E-state index is -0.630. The first-order valence-corrected chi connectivity index (χ1v) is 11.6. The number of carbonyl (C=O) groups is 4. The highest BCUT2D eigenvalue weighted by molar-refractivity contribution is 7.14. The minimum absolute atomic E-state index is 0.00247. The van der Waals surface area contributed by atoms with Gasteiger partial charge in [-0.15, -0.1) is 11.3 Å². The second-order valence-electron chi connectivity index (χ2n) is 8.19. The number of aromatic nitrogens is 1. The Hall–Kier alpha value is -3.07. The molecule has 2 aromatic rings. The van der Waals surface area contributed by atoms with Gasteiger partial charge in [0, 0.05) is 17.5 Å². The Balaban J connectivity index is 1.21. The number of thiazole rings is 1. The number of ether oxygens (including phenoxy) is 1. The maximum atomic E-state index is 12.4. The molecule has 0 bridgehead atoms. The fraction of sp³-hybridized carbons (Fsp3) is 0.435. The van der Waals surface area contributed by atoms with Crippen molar-refractivity contribution in [2.24, 2.45) is 11.8 Å². The van der Waals surface area contributed by atoms with E-state index in [1.54, 1.807) is 0 Å². The Morgan fingerprint density at radius 2 is 1.78 bits per heavy atom. The molecule has 8 nitrogen and oxygen atoms in total. The fourth-order valence-corrected chi connectivity index (χ4v) is 4.95. The van der Waals surface area contributed by atoms with Crippen molar-refractivity contribution in [3.05, 3.63) is 35.2 Å². The maximum absolute atomic E-state index is 12.4. The highest BCUT2D eigenvalue weighted by Crippen LogP contribution is 2.38. The molecule has 2 fully saturated rings. The van der Waals surface area contributed by atoms with E-state index in [0.717, 1.165) is 42.5 Å². The summed E-state index contributed by atoms with van der Waals surface area (Å²) in [6.07, 6.45) is 3.25. The lowest BCUT2D eigenvalue weighted by atomic mass is 9.81. The van der Waals surface area contributed by atoms with Crippen LogP contribution in [0.15, 0.2) is 29.6 Å². The van der Waals surface area contributed by atoms with Crippen LogP contribution in [0.5, 0.6) is 0 Å². The van der Waals surface area contributed by atoms with Crippen molar-refractivity contribution < 1.29 is 23.9 Å². The fourth-order valence-electron chi connectivity index (χ4n) is 4.22. The predicted octanol–water partition coefficient (Wildman–Crippen LogP) is 3.17.